The van der Waals surface area contributed by atoms with Crippen LogP contribution in [0.25, 0.3) is 16.5 Å². The molecule has 1 aliphatic rings. The van der Waals surface area contributed by atoms with Crippen LogP contribution in [0.15, 0.2) is 98.5 Å². The van der Waals surface area contributed by atoms with Crippen molar-refractivity contribution in [3.05, 3.63) is 105 Å². The molecular weight excluding hydrogens is 560 g/mol. The largest absolute Gasteiger partial charge is 0.480 e. The van der Waals surface area contributed by atoms with E-state index < -0.39 is 39.3 Å². The van der Waals surface area contributed by atoms with E-state index in [1.54, 1.807) is 60.8 Å². The van der Waals surface area contributed by atoms with Crippen LogP contribution in [0.4, 0.5) is 0 Å². The summed E-state index contributed by atoms with van der Waals surface area (Å²) in [6.07, 6.45) is 3.38. The molecule has 1 saturated heterocycles. The van der Waals surface area contributed by atoms with Crippen molar-refractivity contribution >= 4 is 32.6 Å². The number of aliphatic imine (C=N–C) groups is 1. The Morgan fingerprint density at radius 2 is 1.79 bits per heavy atom. The Morgan fingerprint density at radius 1 is 1.07 bits per heavy atom. The van der Waals surface area contributed by atoms with Crippen molar-refractivity contribution in [2.75, 3.05) is 6.54 Å². The van der Waals surface area contributed by atoms with Crippen molar-refractivity contribution in [1.29, 1.82) is 5.26 Å². The topological polar surface area (TPSA) is 167 Å². The summed E-state index contributed by atoms with van der Waals surface area (Å²) in [4.78, 5) is 42.2. The van der Waals surface area contributed by atoms with E-state index >= 15 is 0 Å². The highest BCUT2D eigenvalue weighted by molar-refractivity contribution is 7.89. The van der Waals surface area contributed by atoms with Crippen LogP contribution in [0.1, 0.15) is 12.0 Å². The van der Waals surface area contributed by atoms with Gasteiger partial charge in [-0.2, -0.15) is 9.57 Å². The van der Waals surface area contributed by atoms with Crippen molar-refractivity contribution < 1.29 is 18.3 Å². The van der Waals surface area contributed by atoms with Gasteiger partial charge in [0.25, 0.3) is 5.56 Å². The number of aromatic nitrogens is 2. The lowest BCUT2D eigenvalue weighted by atomic mass is 9.97. The van der Waals surface area contributed by atoms with Gasteiger partial charge in [-0.15, -0.1) is 0 Å². The lowest BCUT2D eigenvalue weighted by molar-refractivity contribution is -0.138. The fraction of sp³-hybridized carbons (Fsp3) is 0.207. The molecule has 2 N–H and O–H groups in total. The zero-order chi connectivity index (χ0) is 30.0. The van der Waals surface area contributed by atoms with Gasteiger partial charge in [-0.25, -0.2) is 22.6 Å². The summed E-state index contributed by atoms with van der Waals surface area (Å²) in [5, 5.41) is 23.1. The summed E-state index contributed by atoms with van der Waals surface area (Å²) < 4.78 is 29.9. The number of nitrogens with one attached hydrogen (secondary N) is 1. The van der Waals surface area contributed by atoms with E-state index in [2.05, 4.69) is 10.3 Å². The second-order valence-corrected chi connectivity index (χ2v) is 11.6. The van der Waals surface area contributed by atoms with Crippen molar-refractivity contribution in [3.63, 3.8) is 0 Å². The van der Waals surface area contributed by atoms with E-state index in [9.17, 15) is 33.2 Å². The van der Waals surface area contributed by atoms with E-state index in [-0.39, 0.29) is 23.7 Å². The second kappa shape index (κ2) is 11.4. The second-order valence-electron chi connectivity index (χ2n) is 9.71. The Hall–Kier alpha value is -5.06. The molecule has 1 aromatic heterocycles. The Bertz CT molecular complexity index is 1980. The molecule has 0 amide bonds. The SMILES string of the molecule is Cn1ccc(=O)n(-c2cccc3c(C[C@H](N=C(NC#N)[C@@H]4CCN4S(=O)(=O)c4ccccc4)C(=O)O)cccc23)c1=O. The number of amidine groups is 1. The van der Waals surface area contributed by atoms with Crippen LogP contribution in [0.5, 0.6) is 0 Å². The van der Waals surface area contributed by atoms with Gasteiger partial charge < -0.3 is 9.67 Å². The molecule has 0 spiro atoms. The van der Waals surface area contributed by atoms with Crippen LogP contribution >= 0.6 is 0 Å². The van der Waals surface area contributed by atoms with Crippen LogP contribution in [-0.4, -0.2) is 57.4 Å². The van der Waals surface area contributed by atoms with Crippen LogP contribution in [0, 0.1) is 11.5 Å². The molecule has 5 rings (SSSR count). The van der Waals surface area contributed by atoms with Gasteiger partial charge in [-0.3, -0.25) is 15.1 Å². The molecule has 0 aliphatic carbocycles. The lowest BCUT2D eigenvalue weighted by Gasteiger charge is -2.39. The number of sulfonamides is 1. The third kappa shape index (κ3) is 5.20. The van der Waals surface area contributed by atoms with Gasteiger partial charge in [0.05, 0.1) is 16.6 Å². The number of hydrogen-bond acceptors (Lipinski definition) is 7. The Balaban J connectivity index is 1.53. The molecule has 42 heavy (non-hydrogen) atoms. The number of hydrogen-bond donors (Lipinski definition) is 2. The number of rotatable bonds is 8. The molecule has 12 nitrogen and oxygen atoms in total. The maximum atomic E-state index is 13.2. The summed E-state index contributed by atoms with van der Waals surface area (Å²) >= 11 is 0. The highest BCUT2D eigenvalue weighted by Crippen LogP contribution is 2.29. The summed E-state index contributed by atoms with van der Waals surface area (Å²) in [7, 11) is -2.37. The minimum absolute atomic E-state index is 0.0593. The zero-order valence-electron chi connectivity index (χ0n) is 22.4. The fourth-order valence-corrected chi connectivity index (χ4v) is 6.65. The first-order chi connectivity index (χ1) is 20.1. The van der Waals surface area contributed by atoms with Crippen LogP contribution in [-0.2, 0) is 28.3 Å². The summed E-state index contributed by atoms with van der Waals surface area (Å²) in [5.74, 6) is -1.33. The smallest absolute Gasteiger partial charge is 0.335 e. The first-order valence-electron chi connectivity index (χ1n) is 13.0. The number of fused-ring (bicyclic) bond motifs is 1. The molecule has 0 saturated carbocycles. The zero-order valence-corrected chi connectivity index (χ0v) is 23.2. The average molecular weight is 587 g/mol. The van der Waals surface area contributed by atoms with Gasteiger partial charge >= 0.3 is 11.7 Å². The average Bonchev–Trinajstić information content (AvgIpc) is 2.95. The third-order valence-corrected chi connectivity index (χ3v) is 9.12. The first-order valence-corrected chi connectivity index (χ1v) is 14.4. The lowest BCUT2D eigenvalue weighted by Crippen LogP contribution is -2.58. The molecule has 13 heteroatoms. The number of carboxylic acids is 1. The normalized spacial score (nSPS) is 16.4. The minimum atomic E-state index is -3.90. The number of aryl methyl sites for hydroxylation is 1. The van der Waals surface area contributed by atoms with Gasteiger partial charge in [0.1, 0.15) is 5.84 Å². The molecule has 2 heterocycles. The Labute approximate surface area is 240 Å². The van der Waals surface area contributed by atoms with Crippen LogP contribution in [0.2, 0.25) is 0 Å². The molecule has 3 aromatic carbocycles. The summed E-state index contributed by atoms with van der Waals surface area (Å²) in [5.41, 5.74) is -0.119. The van der Waals surface area contributed by atoms with E-state index in [4.69, 9.17) is 0 Å². The van der Waals surface area contributed by atoms with Gasteiger partial charge in [0, 0.05) is 37.7 Å². The summed E-state index contributed by atoms with van der Waals surface area (Å²) in [6, 6.07) is 17.1. The highest BCUT2D eigenvalue weighted by Gasteiger charge is 2.42. The van der Waals surface area contributed by atoms with Crippen molar-refractivity contribution in [2.45, 2.75) is 29.8 Å². The molecule has 4 aromatic rings. The molecule has 214 valence electrons. The third-order valence-electron chi connectivity index (χ3n) is 7.20. The van der Waals surface area contributed by atoms with E-state index in [0.717, 1.165) is 4.57 Å². The maximum absolute atomic E-state index is 13.2. The number of aliphatic carboxylic acids is 1. The molecule has 1 aliphatic heterocycles. The number of carboxylic acid groups (broad SMARTS) is 1. The highest BCUT2D eigenvalue weighted by atomic mass is 32.2. The van der Waals surface area contributed by atoms with Crippen LogP contribution in [0.3, 0.4) is 0 Å². The maximum Gasteiger partial charge on any atom is 0.335 e. The molecule has 0 radical (unpaired) electrons. The predicted molar refractivity (Wildman–Crippen MR) is 155 cm³/mol. The fourth-order valence-electron chi connectivity index (χ4n) is 4.99. The number of benzene rings is 3. The van der Waals surface area contributed by atoms with Gasteiger partial charge in [0.15, 0.2) is 12.2 Å². The number of carbonyl (C=O) groups is 1. The monoisotopic (exact) mass is 586 g/mol. The minimum Gasteiger partial charge on any atom is -0.480 e. The first kappa shape index (κ1) is 28.5. The van der Waals surface area contributed by atoms with Crippen molar-refractivity contribution in [2.24, 2.45) is 12.0 Å². The Kier molecular flexibility index (Phi) is 7.75. The number of nitriles is 1. The quantitative estimate of drug-likeness (QED) is 0.136. The van der Waals surface area contributed by atoms with Gasteiger partial charge in [0.2, 0.25) is 10.0 Å². The standard InChI is InChI=1S/C29H26N6O6S/c1-33-15-14-26(36)35(29(33)39)24-12-6-10-21-19(7-5-11-22(21)24)17-23(28(37)38)32-27(31-18-30)25-13-16-34(25)42(40,41)20-8-3-2-4-9-20/h2-12,14-15,23,25H,13,16-17H2,1H3,(H,31,32)(H,37,38)/t23-,25-/m0/s1. The van der Waals surface area contributed by atoms with E-state index in [0.29, 0.717) is 28.4 Å². The summed E-state index contributed by atoms with van der Waals surface area (Å²) in [6.45, 7) is 0.191. The molecule has 1 fully saturated rings. The van der Waals surface area contributed by atoms with Crippen molar-refractivity contribution in [3.8, 4) is 11.9 Å². The molecular formula is C29H26N6O6S. The number of nitrogens with zero attached hydrogens (tertiary/aromatic N) is 5. The van der Waals surface area contributed by atoms with Gasteiger partial charge in [-0.1, -0.05) is 48.5 Å². The molecule has 2 atom stereocenters. The molecule has 0 unspecified atom stereocenters. The molecule has 0 bridgehead atoms. The van der Waals surface area contributed by atoms with Crippen molar-refractivity contribution in [1.82, 2.24) is 18.8 Å². The van der Waals surface area contributed by atoms with Crippen LogP contribution < -0.4 is 16.6 Å². The van der Waals surface area contributed by atoms with Gasteiger partial charge in [-0.05, 0) is 35.6 Å². The van der Waals surface area contributed by atoms with E-state index in [1.165, 1.54) is 40.3 Å². The van der Waals surface area contributed by atoms with E-state index in [1.807, 2.05) is 0 Å². The predicted octanol–water partition coefficient (Wildman–Crippen LogP) is 1.62. The Morgan fingerprint density at radius 3 is 2.45 bits per heavy atom.